The highest BCUT2D eigenvalue weighted by atomic mass is 14.8. The minimum Gasteiger partial charge on any atom is -0.384 e. The van der Waals surface area contributed by atoms with Crippen molar-refractivity contribution in [2.45, 2.75) is 6.42 Å². The van der Waals surface area contributed by atoms with E-state index in [0.29, 0.717) is 0 Å². The van der Waals surface area contributed by atoms with Crippen LogP contribution in [-0.2, 0) is 6.42 Å². The molecule has 13 heavy (non-hydrogen) atoms. The summed E-state index contributed by atoms with van der Waals surface area (Å²) in [6.07, 6.45) is 1.01. The summed E-state index contributed by atoms with van der Waals surface area (Å²) in [5.74, 6) is 0.125. The van der Waals surface area contributed by atoms with Gasteiger partial charge in [0, 0.05) is 5.56 Å². The van der Waals surface area contributed by atoms with Gasteiger partial charge in [-0.05, 0) is 25.6 Å². The molecule has 0 aliphatic rings. The monoisotopic (exact) mass is 177 g/mol. The van der Waals surface area contributed by atoms with Crippen molar-refractivity contribution in [3.63, 3.8) is 0 Å². The number of amidine groups is 1. The Bertz CT molecular complexity index is 277. The fraction of sp³-hybridized carbons (Fsp3) is 0.300. The van der Waals surface area contributed by atoms with Crippen molar-refractivity contribution in [3.8, 4) is 0 Å². The molecule has 4 N–H and O–H groups in total. The van der Waals surface area contributed by atoms with Crippen LogP contribution in [0.15, 0.2) is 24.3 Å². The molecule has 0 unspecified atom stereocenters. The zero-order valence-corrected chi connectivity index (χ0v) is 7.80. The summed E-state index contributed by atoms with van der Waals surface area (Å²) in [5, 5.41) is 10.3. The van der Waals surface area contributed by atoms with E-state index in [1.807, 2.05) is 31.3 Å². The molecule has 0 saturated carbocycles. The van der Waals surface area contributed by atoms with Crippen molar-refractivity contribution < 1.29 is 0 Å². The molecule has 0 radical (unpaired) electrons. The summed E-state index contributed by atoms with van der Waals surface area (Å²) in [4.78, 5) is 0. The van der Waals surface area contributed by atoms with Crippen molar-refractivity contribution in [1.82, 2.24) is 5.32 Å². The van der Waals surface area contributed by atoms with Crippen molar-refractivity contribution in [3.05, 3.63) is 35.4 Å². The number of hydrogen-bond acceptors (Lipinski definition) is 2. The first-order valence-electron chi connectivity index (χ1n) is 4.32. The largest absolute Gasteiger partial charge is 0.384 e. The highest BCUT2D eigenvalue weighted by molar-refractivity contribution is 5.94. The number of nitrogen functional groups attached to an aromatic ring is 1. The first-order valence-corrected chi connectivity index (χ1v) is 4.32. The summed E-state index contributed by atoms with van der Waals surface area (Å²) >= 11 is 0. The van der Waals surface area contributed by atoms with Crippen LogP contribution in [-0.4, -0.2) is 19.4 Å². The van der Waals surface area contributed by atoms with Gasteiger partial charge >= 0.3 is 0 Å². The van der Waals surface area contributed by atoms with Crippen LogP contribution >= 0.6 is 0 Å². The predicted molar refractivity (Wildman–Crippen MR) is 55.1 cm³/mol. The lowest BCUT2D eigenvalue weighted by atomic mass is 10.1. The molecule has 0 aliphatic carbocycles. The van der Waals surface area contributed by atoms with Gasteiger partial charge in [0.25, 0.3) is 0 Å². The summed E-state index contributed by atoms with van der Waals surface area (Å²) < 4.78 is 0. The van der Waals surface area contributed by atoms with E-state index < -0.39 is 0 Å². The van der Waals surface area contributed by atoms with Gasteiger partial charge < -0.3 is 11.1 Å². The third-order valence-electron chi connectivity index (χ3n) is 1.93. The third-order valence-corrected chi connectivity index (χ3v) is 1.93. The fourth-order valence-corrected chi connectivity index (χ4v) is 1.12. The topological polar surface area (TPSA) is 61.9 Å². The average molecular weight is 177 g/mol. The standard InChI is InChI=1S/C10H15N3/c1-13-7-6-8-2-4-9(5-3-8)10(11)12/h2-5,13H,6-7H2,1H3,(H3,11,12). The SMILES string of the molecule is CNCCc1ccc(C(=N)N)cc1. The summed E-state index contributed by atoms with van der Waals surface area (Å²) in [6, 6.07) is 7.78. The van der Waals surface area contributed by atoms with Crippen LogP contribution in [0.25, 0.3) is 0 Å². The number of benzene rings is 1. The van der Waals surface area contributed by atoms with Crippen molar-refractivity contribution in [2.24, 2.45) is 5.73 Å². The van der Waals surface area contributed by atoms with Gasteiger partial charge in [-0.3, -0.25) is 5.41 Å². The molecule has 0 aromatic heterocycles. The second kappa shape index (κ2) is 4.62. The maximum Gasteiger partial charge on any atom is 0.122 e. The average Bonchev–Trinajstić information content (AvgIpc) is 2.15. The smallest absolute Gasteiger partial charge is 0.122 e. The molecule has 1 rings (SSSR count). The predicted octanol–water partition coefficient (Wildman–Crippen LogP) is 0.733. The van der Waals surface area contributed by atoms with Crippen LogP contribution in [0.4, 0.5) is 0 Å². The first kappa shape index (κ1) is 9.74. The zero-order chi connectivity index (χ0) is 9.68. The Morgan fingerprint density at radius 1 is 1.38 bits per heavy atom. The second-order valence-corrected chi connectivity index (χ2v) is 2.96. The molecule has 0 spiro atoms. The minimum atomic E-state index is 0.125. The van der Waals surface area contributed by atoms with E-state index in [2.05, 4.69) is 5.32 Å². The van der Waals surface area contributed by atoms with Crippen molar-refractivity contribution >= 4 is 5.84 Å². The van der Waals surface area contributed by atoms with Crippen LogP contribution in [0.2, 0.25) is 0 Å². The van der Waals surface area contributed by atoms with Gasteiger partial charge in [0.05, 0.1) is 0 Å². The molecule has 3 nitrogen and oxygen atoms in total. The van der Waals surface area contributed by atoms with Crippen molar-refractivity contribution in [2.75, 3.05) is 13.6 Å². The fourth-order valence-electron chi connectivity index (χ4n) is 1.12. The van der Waals surface area contributed by atoms with Crippen LogP contribution < -0.4 is 11.1 Å². The zero-order valence-electron chi connectivity index (χ0n) is 7.80. The number of nitrogens with two attached hydrogens (primary N) is 1. The van der Waals surface area contributed by atoms with E-state index in [0.717, 1.165) is 18.5 Å². The molecule has 0 atom stereocenters. The molecule has 70 valence electrons. The van der Waals surface area contributed by atoms with Crippen LogP contribution in [0.3, 0.4) is 0 Å². The lowest BCUT2D eigenvalue weighted by molar-refractivity contribution is 0.792. The highest BCUT2D eigenvalue weighted by Gasteiger charge is 1.95. The molecule has 1 aromatic carbocycles. The van der Waals surface area contributed by atoms with Gasteiger partial charge in [0.1, 0.15) is 5.84 Å². The maximum atomic E-state index is 7.21. The minimum absolute atomic E-state index is 0.125. The Balaban J connectivity index is 2.64. The van der Waals surface area contributed by atoms with Gasteiger partial charge in [0.2, 0.25) is 0 Å². The molecular formula is C10H15N3. The molecule has 0 aliphatic heterocycles. The van der Waals surface area contributed by atoms with Gasteiger partial charge in [-0.25, -0.2) is 0 Å². The van der Waals surface area contributed by atoms with Gasteiger partial charge in [-0.2, -0.15) is 0 Å². The van der Waals surface area contributed by atoms with E-state index >= 15 is 0 Å². The molecule has 0 heterocycles. The quantitative estimate of drug-likeness (QED) is 0.469. The molecule has 0 saturated heterocycles. The van der Waals surface area contributed by atoms with Gasteiger partial charge in [-0.1, -0.05) is 24.3 Å². The van der Waals surface area contributed by atoms with E-state index in [4.69, 9.17) is 11.1 Å². The number of nitrogens with one attached hydrogen (secondary N) is 2. The van der Waals surface area contributed by atoms with E-state index in [9.17, 15) is 0 Å². The van der Waals surface area contributed by atoms with E-state index in [1.54, 1.807) is 0 Å². The first-order chi connectivity index (χ1) is 6.24. The Hall–Kier alpha value is -1.35. The Morgan fingerprint density at radius 2 is 2.00 bits per heavy atom. The molecule has 0 bridgehead atoms. The van der Waals surface area contributed by atoms with E-state index in [-0.39, 0.29) is 5.84 Å². The number of rotatable bonds is 4. The molecular weight excluding hydrogens is 162 g/mol. The Morgan fingerprint density at radius 3 is 2.46 bits per heavy atom. The van der Waals surface area contributed by atoms with Crippen molar-refractivity contribution in [1.29, 1.82) is 5.41 Å². The Labute approximate surface area is 78.5 Å². The second-order valence-electron chi connectivity index (χ2n) is 2.96. The number of likely N-dealkylation sites (N-methyl/N-ethyl adjacent to an activating group) is 1. The third kappa shape index (κ3) is 2.87. The number of hydrogen-bond donors (Lipinski definition) is 3. The summed E-state index contributed by atoms with van der Waals surface area (Å²) in [7, 11) is 1.93. The van der Waals surface area contributed by atoms with E-state index in [1.165, 1.54) is 5.56 Å². The van der Waals surface area contributed by atoms with Crippen LogP contribution in [0.5, 0.6) is 0 Å². The summed E-state index contributed by atoms with van der Waals surface area (Å²) in [5.41, 5.74) is 7.38. The molecule has 3 heteroatoms. The van der Waals surface area contributed by atoms with Crippen LogP contribution in [0.1, 0.15) is 11.1 Å². The lowest BCUT2D eigenvalue weighted by Crippen LogP contribution is -2.12. The molecule has 0 fully saturated rings. The molecule has 1 aromatic rings. The normalized spacial score (nSPS) is 9.92. The highest BCUT2D eigenvalue weighted by Crippen LogP contribution is 2.03. The van der Waals surface area contributed by atoms with Gasteiger partial charge in [0.15, 0.2) is 0 Å². The summed E-state index contributed by atoms with van der Waals surface area (Å²) in [6.45, 7) is 0.972. The van der Waals surface area contributed by atoms with Crippen LogP contribution in [0, 0.1) is 5.41 Å². The maximum absolute atomic E-state index is 7.21. The Kier molecular flexibility index (Phi) is 3.46. The van der Waals surface area contributed by atoms with Gasteiger partial charge in [-0.15, -0.1) is 0 Å². The molecule has 0 amide bonds. The lowest BCUT2D eigenvalue weighted by Gasteiger charge is -2.02.